The molecule has 1 aliphatic heterocycles. The SMILES string of the molecule is Cc1cc(-c2cnnc(NCC3(c4ccccc4)CCOCC3)n2)c(C)o1. The molecule has 6 heteroatoms. The molecule has 3 heterocycles. The second-order valence-electron chi connectivity index (χ2n) is 7.10. The molecule has 4 rings (SSSR count). The topological polar surface area (TPSA) is 73.1 Å². The fourth-order valence-corrected chi connectivity index (χ4v) is 3.76. The lowest BCUT2D eigenvalue weighted by Gasteiger charge is -2.37. The first-order valence-electron chi connectivity index (χ1n) is 9.31. The fourth-order valence-electron chi connectivity index (χ4n) is 3.76. The van der Waals surface area contributed by atoms with Crippen molar-refractivity contribution in [3.05, 3.63) is 59.7 Å². The third-order valence-corrected chi connectivity index (χ3v) is 5.30. The van der Waals surface area contributed by atoms with Gasteiger partial charge < -0.3 is 14.5 Å². The maximum atomic E-state index is 5.62. The maximum absolute atomic E-state index is 5.62. The highest BCUT2D eigenvalue weighted by Crippen LogP contribution is 2.35. The molecular formula is C21H24N4O2. The molecule has 0 unspecified atom stereocenters. The normalized spacial score (nSPS) is 16.2. The number of benzene rings is 1. The number of aromatic nitrogens is 3. The highest BCUT2D eigenvalue weighted by Gasteiger charge is 2.34. The molecule has 0 radical (unpaired) electrons. The van der Waals surface area contributed by atoms with Crippen molar-refractivity contribution < 1.29 is 9.15 Å². The lowest BCUT2D eigenvalue weighted by Crippen LogP contribution is -2.40. The van der Waals surface area contributed by atoms with Gasteiger partial charge in [-0.1, -0.05) is 30.3 Å². The summed E-state index contributed by atoms with van der Waals surface area (Å²) in [5.74, 6) is 2.23. The summed E-state index contributed by atoms with van der Waals surface area (Å²) in [7, 11) is 0. The van der Waals surface area contributed by atoms with Crippen LogP contribution in [0.25, 0.3) is 11.3 Å². The van der Waals surface area contributed by atoms with Crippen LogP contribution in [0, 0.1) is 13.8 Å². The highest BCUT2D eigenvalue weighted by atomic mass is 16.5. The summed E-state index contributed by atoms with van der Waals surface area (Å²) in [6, 6.07) is 12.6. The number of anilines is 1. The molecule has 0 atom stereocenters. The Morgan fingerprint density at radius 1 is 1.11 bits per heavy atom. The fraction of sp³-hybridized carbons (Fsp3) is 0.381. The minimum absolute atomic E-state index is 0.0149. The number of aryl methyl sites for hydroxylation is 2. The average Bonchev–Trinajstić information content (AvgIpc) is 3.06. The van der Waals surface area contributed by atoms with Crippen molar-refractivity contribution in [2.24, 2.45) is 0 Å². The quantitative estimate of drug-likeness (QED) is 0.740. The number of nitrogens with zero attached hydrogens (tertiary/aromatic N) is 3. The molecule has 1 saturated heterocycles. The van der Waals surface area contributed by atoms with Crippen LogP contribution in [-0.2, 0) is 10.2 Å². The van der Waals surface area contributed by atoms with Crippen LogP contribution in [0.15, 0.2) is 47.0 Å². The van der Waals surface area contributed by atoms with E-state index in [1.165, 1.54) is 5.56 Å². The van der Waals surface area contributed by atoms with Crippen molar-refractivity contribution in [3.8, 4) is 11.3 Å². The van der Waals surface area contributed by atoms with Crippen LogP contribution >= 0.6 is 0 Å². The van der Waals surface area contributed by atoms with Gasteiger partial charge in [0.15, 0.2) is 0 Å². The lowest BCUT2D eigenvalue weighted by atomic mass is 9.74. The second-order valence-corrected chi connectivity index (χ2v) is 7.10. The molecule has 0 aliphatic carbocycles. The largest absolute Gasteiger partial charge is 0.466 e. The summed E-state index contributed by atoms with van der Waals surface area (Å²) >= 11 is 0. The van der Waals surface area contributed by atoms with Crippen LogP contribution in [0.1, 0.15) is 29.9 Å². The third-order valence-electron chi connectivity index (χ3n) is 5.30. The standard InChI is InChI=1S/C21H24N4O2/c1-15-12-18(16(2)27-15)19-13-23-25-20(24-19)22-14-21(8-10-26-11-9-21)17-6-4-3-5-7-17/h3-7,12-13H,8-11,14H2,1-2H3,(H,22,24,25). The van der Waals surface area contributed by atoms with Crippen LogP contribution in [-0.4, -0.2) is 34.9 Å². The Labute approximate surface area is 159 Å². The smallest absolute Gasteiger partial charge is 0.243 e. The van der Waals surface area contributed by atoms with Crippen LogP contribution in [0.5, 0.6) is 0 Å². The van der Waals surface area contributed by atoms with Crippen molar-refractivity contribution in [3.63, 3.8) is 0 Å². The predicted octanol–water partition coefficient (Wildman–Crippen LogP) is 3.91. The Morgan fingerprint density at radius 3 is 2.59 bits per heavy atom. The number of hydrogen-bond donors (Lipinski definition) is 1. The van der Waals surface area contributed by atoms with Gasteiger partial charge in [-0.15, -0.1) is 5.10 Å². The van der Waals surface area contributed by atoms with Gasteiger partial charge in [-0.2, -0.15) is 5.10 Å². The van der Waals surface area contributed by atoms with Crippen LogP contribution in [0.3, 0.4) is 0 Å². The van der Waals surface area contributed by atoms with Gasteiger partial charge in [0.25, 0.3) is 0 Å². The minimum atomic E-state index is 0.0149. The molecule has 0 amide bonds. The first-order chi connectivity index (χ1) is 13.2. The molecule has 0 spiro atoms. The number of ether oxygens (including phenoxy) is 1. The van der Waals surface area contributed by atoms with E-state index in [-0.39, 0.29) is 5.41 Å². The predicted molar refractivity (Wildman–Crippen MR) is 104 cm³/mol. The summed E-state index contributed by atoms with van der Waals surface area (Å²) < 4.78 is 11.2. The van der Waals surface area contributed by atoms with Crippen molar-refractivity contribution in [1.29, 1.82) is 0 Å². The summed E-state index contributed by atoms with van der Waals surface area (Å²) in [4.78, 5) is 4.65. The van der Waals surface area contributed by atoms with E-state index >= 15 is 0 Å². The van der Waals surface area contributed by atoms with Crippen LogP contribution in [0.2, 0.25) is 0 Å². The van der Waals surface area contributed by atoms with Gasteiger partial charge in [0.1, 0.15) is 11.5 Å². The van der Waals surface area contributed by atoms with Crippen LogP contribution in [0.4, 0.5) is 5.95 Å². The summed E-state index contributed by atoms with van der Waals surface area (Å²) in [5.41, 5.74) is 3.06. The Kier molecular flexibility index (Phi) is 4.90. The summed E-state index contributed by atoms with van der Waals surface area (Å²) in [5, 5.41) is 11.7. The summed E-state index contributed by atoms with van der Waals surface area (Å²) in [6.07, 6.45) is 3.61. The molecule has 2 aromatic heterocycles. The minimum Gasteiger partial charge on any atom is -0.466 e. The third kappa shape index (κ3) is 3.71. The second kappa shape index (κ2) is 7.48. The van der Waals surface area contributed by atoms with E-state index in [1.54, 1.807) is 6.20 Å². The van der Waals surface area contributed by atoms with E-state index in [9.17, 15) is 0 Å². The molecule has 1 fully saturated rings. The van der Waals surface area contributed by atoms with E-state index in [4.69, 9.17) is 9.15 Å². The number of rotatable bonds is 5. The highest BCUT2D eigenvalue weighted by molar-refractivity contribution is 5.61. The van der Waals surface area contributed by atoms with Gasteiger partial charge in [-0.25, -0.2) is 4.98 Å². The van der Waals surface area contributed by atoms with Gasteiger partial charge in [-0.3, -0.25) is 0 Å². The van der Waals surface area contributed by atoms with Gasteiger partial charge >= 0.3 is 0 Å². The Bertz CT molecular complexity index is 902. The van der Waals surface area contributed by atoms with Gasteiger partial charge in [0, 0.05) is 30.7 Å². The van der Waals surface area contributed by atoms with Crippen LogP contribution < -0.4 is 5.32 Å². The summed E-state index contributed by atoms with van der Waals surface area (Å²) in [6.45, 7) is 6.14. The number of nitrogens with one attached hydrogen (secondary N) is 1. The number of hydrogen-bond acceptors (Lipinski definition) is 6. The van der Waals surface area contributed by atoms with E-state index in [1.807, 2.05) is 19.9 Å². The average molecular weight is 364 g/mol. The van der Waals surface area contributed by atoms with Crippen molar-refractivity contribution >= 4 is 5.95 Å². The van der Waals surface area contributed by atoms with Crippen molar-refractivity contribution in [2.75, 3.05) is 25.1 Å². The molecule has 0 saturated carbocycles. The van der Waals surface area contributed by atoms with E-state index in [2.05, 4.69) is 50.8 Å². The molecular weight excluding hydrogens is 340 g/mol. The van der Waals surface area contributed by atoms with Crippen molar-refractivity contribution in [1.82, 2.24) is 15.2 Å². The molecule has 1 aliphatic rings. The van der Waals surface area contributed by atoms with Gasteiger partial charge in [0.2, 0.25) is 5.95 Å². The van der Waals surface area contributed by atoms with Gasteiger partial charge in [0.05, 0.1) is 11.9 Å². The zero-order valence-corrected chi connectivity index (χ0v) is 15.7. The number of furan rings is 1. The molecule has 1 aromatic carbocycles. The molecule has 27 heavy (non-hydrogen) atoms. The molecule has 140 valence electrons. The first kappa shape index (κ1) is 17.7. The van der Waals surface area contributed by atoms with E-state index in [0.29, 0.717) is 5.95 Å². The Hall–Kier alpha value is -2.73. The zero-order valence-electron chi connectivity index (χ0n) is 15.7. The maximum Gasteiger partial charge on any atom is 0.243 e. The van der Waals surface area contributed by atoms with Crippen molar-refractivity contribution in [2.45, 2.75) is 32.1 Å². The van der Waals surface area contributed by atoms with Gasteiger partial charge in [-0.05, 0) is 38.3 Å². The molecule has 3 aromatic rings. The Morgan fingerprint density at radius 2 is 1.89 bits per heavy atom. The zero-order chi connectivity index (χ0) is 18.7. The van der Waals surface area contributed by atoms with E-state index < -0.39 is 0 Å². The molecule has 1 N–H and O–H groups in total. The van der Waals surface area contributed by atoms with E-state index in [0.717, 1.165) is 55.4 Å². The first-order valence-corrected chi connectivity index (χ1v) is 9.31. The molecule has 0 bridgehead atoms. The lowest BCUT2D eigenvalue weighted by molar-refractivity contribution is 0.0543. The monoisotopic (exact) mass is 364 g/mol. The Balaban J connectivity index is 1.56. The molecule has 6 nitrogen and oxygen atoms in total.